The number of carbonyl (C=O) groups excluding carboxylic acids is 1. The van der Waals surface area contributed by atoms with Crippen LogP contribution in [0.2, 0.25) is 0 Å². The molecule has 2 aliphatic rings. The Morgan fingerprint density at radius 3 is 2.67 bits per heavy atom. The molecule has 1 N–H and O–H groups in total. The van der Waals surface area contributed by atoms with E-state index in [0.717, 1.165) is 62.3 Å². The van der Waals surface area contributed by atoms with Gasteiger partial charge in [-0.05, 0) is 56.3 Å². The molecule has 0 spiro atoms. The SMILES string of the molecule is C=CC(=O)N1CCCC(n2ccc3cnc(Nc4ccc(N5CCN(C)CC5)cc4)nc32)C1. The van der Waals surface area contributed by atoms with E-state index >= 15 is 0 Å². The van der Waals surface area contributed by atoms with Crippen molar-refractivity contribution in [2.45, 2.75) is 18.9 Å². The predicted octanol–water partition coefficient (Wildman–Crippen LogP) is 3.28. The van der Waals surface area contributed by atoms with Crippen molar-refractivity contribution < 1.29 is 4.79 Å². The minimum absolute atomic E-state index is 0.00633. The van der Waals surface area contributed by atoms with Gasteiger partial charge >= 0.3 is 0 Å². The zero-order valence-electron chi connectivity index (χ0n) is 19.2. The average Bonchev–Trinajstić information content (AvgIpc) is 3.28. The summed E-state index contributed by atoms with van der Waals surface area (Å²) in [6.07, 6.45) is 7.30. The maximum absolute atomic E-state index is 12.1. The molecule has 8 heteroatoms. The van der Waals surface area contributed by atoms with E-state index in [9.17, 15) is 4.79 Å². The first-order valence-electron chi connectivity index (χ1n) is 11.7. The number of anilines is 3. The number of hydrogen-bond acceptors (Lipinski definition) is 6. The first kappa shape index (κ1) is 21.5. The van der Waals surface area contributed by atoms with E-state index in [0.29, 0.717) is 12.5 Å². The van der Waals surface area contributed by atoms with Gasteiger partial charge in [0.2, 0.25) is 11.9 Å². The molecule has 0 saturated carbocycles. The molecule has 2 saturated heterocycles. The lowest BCUT2D eigenvalue weighted by atomic mass is 10.1. The van der Waals surface area contributed by atoms with Gasteiger partial charge < -0.3 is 24.6 Å². The second-order valence-corrected chi connectivity index (χ2v) is 8.94. The fourth-order valence-corrected chi connectivity index (χ4v) is 4.75. The van der Waals surface area contributed by atoms with E-state index in [1.165, 1.54) is 11.8 Å². The molecule has 4 heterocycles. The fourth-order valence-electron chi connectivity index (χ4n) is 4.75. The third kappa shape index (κ3) is 4.57. The Bertz CT molecular complexity index is 1130. The van der Waals surface area contributed by atoms with Gasteiger partial charge in [-0.2, -0.15) is 4.98 Å². The number of carbonyl (C=O) groups is 1. The molecule has 0 aliphatic carbocycles. The van der Waals surface area contributed by atoms with E-state index in [-0.39, 0.29) is 11.9 Å². The summed E-state index contributed by atoms with van der Waals surface area (Å²) in [5, 5.41) is 4.35. The number of fused-ring (bicyclic) bond motifs is 1. The van der Waals surface area contributed by atoms with Gasteiger partial charge in [0.15, 0.2) is 0 Å². The quantitative estimate of drug-likeness (QED) is 0.608. The molecule has 0 bridgehead atoms. The van der Waals surface area contributed by atoms with Gasteiger partial charge in [0, 0.05) is 68.4 Å². The van der Waals surface area contributed by atoms with Crippen LogP contribution in [0.5, 0.6) is 0 Å². The lowest BCUT2D eigenvalue weighted by Gasteiger charge is -2.34. The van der Waals surface area contributed by atoms with E-state index in [1.54, 1.807) is 0 Å². The average molecular weight is 446 g/mol. The van der Waals surface area contributed by atoms with Crippen LogP contribution in [0.1, 0.15) is 18.9 Å². The molecule has 2 aliphatic heterocycles. The topological polar surface area (TPSA) is 69.5 Å². The van der Waals surface area contributed by atoms with E-state index in [1.807, 2.05) is 17.2 Å². The number of hydrogen-bond donors (Lipinski definition) is 1. The summed E-state index contributed by atoms with van der Waals surface area (Å²) >= 11 is 0. The van der Waals surface area contributed by atoms with Crippen LogP contribution >= 0.6 is 0 Å². The number of likely N-dealkylation sites (tertiary alicyclic amines) is 1. The first-order valence-corrected chi connectivity index (χ1v) is 11.7. The lowest BCUT2D eigenvalue weighted by molar-refractivity contribution is -0.127. The number of nitrogens with one attached hydrogen (secondary N) is 1. The van der Waals surface area contributed by atoms with Crippen molar-refractivity contribution in [2.75, 3.05) is 56.5 Å². The second-order valence-electron chi connectivity index (χ2n) is 8.94. The largest absolute Gasteiger partial charge is 0.369 e. The van der Waals surface area contributed by atoms with Crippen LogP contribution in [-0.2, 0) is 4.79 Å². The summed E-state index contributed by atoms with van der Waals surface area (Å²) in [6.45, 7) is 9.38. The van der Waals surface area contributed by atoms with E-state index < -0.39 is 0 Å². The predicted molar refractivity (Wildman–Crippen MR) is 132 cm³/mol. The van der Waals surface area contributed by atoms with Gasteiger partial charge in [-0.15, -0.1) is 0 Å². The van der Waals surface area contributed by atoms with E-state index in [4.69, 9.17) is 4.98 Å². The standard InChI is InChI=1S/C25H31N7O/c1-3-23(33)31-11-4-5-22(18-31)32-12-10-19-17-26-25(28-24(19)32)27-20-6-8-21(9-7-20)30-15-13-29(2)14-16-30/h3,6-10,12,17,22H,1,4-5,11,13-16,18H2,2H3,(H,26,27,28). The van der Waals surface area contributed by atoms with Gasteiger partial charge in [0.25, 0.3) is 0 Å². The number of rotatable bonds is 5. The van der Waals surface area contributed by atoms with Crippen LogP contribution in [0.3, 0.4) is 0 Å². The maximum atomic E-state index is 12.1. The molecule has 3 aromatic rings. The molecular formula is C25H31N7O. The summed E-state index contributed by atoms with van der Waals surface area (Å²) in [4.78, 5) is 28.1. The highest BCUT2D eigenvalue weighted by Crippen LogP contribution is 2.27. The van der Waals surface area contributed by atoms with Crippen LogP contribution in [0.4, 0.5) is 17.3 Å². The van der Waals surface area contributed by atoms with Gasteiger partial charge in [-0.3, -0.25) is 4.79 Å². The van der Waals surface area contributed by atoms with Crippen molar-refractivity contribution in [3.05, 3.63) is 55.4 Å². The molecule has 8 nitrogen and oxygen atoms in total. The summed E-state index contributed by atoms with van der Waals surface area (Å²) in [6, 6.07) is 10.7. The van der Waals surface area contributed by atoms with E-state index in [2.05, 4.69) is 68.8 Å². The van der Waals surface area contributed by atoms with Gasteiger partial charge in [0.05, 0.1) is 6.04 Å². The molecule has 1 unspecified atom stereocenters. The Hall–Kier alpha value is -3.39. The Morgan fingerprint density at radius 1 is 1.12 bits per heavy atom. The second kappa shape index (κ2) is 9.23. The van der Waals surface area contributed by atoms with Gasteiger partial charge in [-0.25, -0.2) is 4.98 Å². The Morgan fingerprint density at radius 2 is 1.91 bits per heavy atom. The van der Waals surface area contributed by atoms with Crippen molar-refractivity contribution in [1.29, 1.82) is 0 Å². The van der Waals surface area contributed by atoms with Crippen molar-refractivity contribution in [1.82, 2.24) is 24.3 Å². The highest BCUT2D eigenvalue weighted by Gasteiger charge is 2.24. The monoisotopic (exact) mass is 445 g/mol. The smallest absolute Gasteiger partial charge is 0.246 e. The Labute approximate surface area is 194 Å². The molecular weight excluding hydrogens is 414 g/mol. The summed E-state index contributed by atoms with van der Waals surface area (Å²) in [5.74, 6) is 0.567. The van der Waals surface area contributed by atoms with Crippen molar-refractivity contribution >= 4 is 34.3 Å². The highest BCUT2D eigenvalue weighted by atomic mass is 16.2. The molecule has 33 heavy (non-hydrogen) atoms. The summed E-state index contributed by atoms with van der Waals surface area (Å²) < 4.78 is 2.18. The van der Waals surface area contributed by atoms with Crippen LogP contribution in [0.15, 0.2) is 55.4 Å². The number of likely N-dealkylation sites (N-methyl/N-ethyl adjacent to an activating group) is 1. The molecule has 2 fully saturated rings. The normalized spacial score (nSPS) is 19.6. The molecule has 1 atom stereocenters. The zero-order valence-corrected chi connectivity index (χ0v) is 19.2. The number of piperidine rings is 1. The minimum Gasteiger partial charge on any atom is -0.369 e. The van der Waals surface area contributed by atoms with Crippen molar-refractivity contribution in [3.8, 4) is 0 Å². The van der Waals surface area contributed by atoms with Crippen LogP contribution < -0.4 is 10.2 Å². The summed E-state index contributed by atoms with van der Waals surface area (Å²) in [5.41, 5.74) is 3.10. The first-order chi connectivity index (χ1) is 16.1. The number of piperazine rings is 1. The lowest BCUT2D eigenvalue weighted by Crippen LogP contribution is -2.44. The Kier molecular flexibility index (Phi) is 6.00. The van der Waals surface area contributed by atoms with Crippen LogP contribution in [0, 0.1) is 0 Å². The number of benzene rings is 1. The maximum Gasteiger partial charge on any atom is 0.246 e. The summed E-state index contributed by atoms with van der Waals surface area (Å²) in [7, 11) is 2.17. The minimum atomic E-state index is -0.00633. The Balaban J connectivity index is 1.31. The molecule has 5 rings (SSSR count). The molecule has 0 radical (unpaired) electrons. The molecule has 2 aromatic heterocycles. The molecule has 1 amide bonds. The van der Waals surface area contributed by atoms with Crippen LogP contribution in [-0.4, -0.2) is 76.6 Å². The highest BCUT2D eigenvalue weighted by molar-refractivity contribution is 5.87. The molecule has 1 aromatic carbocycles. The van der Waals surface area contributed by atoms with Crippen molar-refractivity contribution in [2.24, 2.45) is 0 Å². The van der Waals surface area contributed by atoms with Gasteiger partial charge in [-0.1, -0.05) is 6.58 Å². The number of aromatic nitrogens is 3. The fraction of sp³-hybridized carbons (Fsp3) is 0.400. The van der Waals surface area contributed by atoms with Crippen LogP contribution in [0.25, 0.3) is 11.0 Å². The number of amides is 1. The molecule has 172 valence electrons. The zero-order chi connectivity index (χ0) is 22.8. The third-order valence-corrected chi connectivity index (χ3v) is 6.72. The third-order valence-electron chi connectivity index (χ3n) is 6.72. The van der Waals surface area contributed by atoms with Gasteiger partial charge in [0.1, 0.15) is 5.65 Å². The number of nitrogens with zero attached hydrogens (tertiary/aromatic N) is 6. The van der Waals surface area contributed by atoms with Crippen molar-refractivity contribution in [3.63, 3.8) is 0 Å².